The lowest BCUT2D eigenvalue weighted by molar-refractivity contribution is 0.0696. The van der Waals surface area contributed by atoms with E-state index >= 15 is 0 Å². The van der Waals surface area contributed by atoms with Crippen LogP contribution in [0.2, 0.25) is 0 Å². The molecular formula is C11H12N2O2. The molecule has 0 aliphatic carbocycles. The van der Waals surface area contributed by atoms with E-state index in [9.17, 15) is 4.79 Å². The molecule has 0 aromatic carbocycles. The molecule has 15 heavy (non-hydrogen) atoms. The summed E-state index contributed by atoms with van der Waals surface area (Å²) in [5.74, 6) is 2.07. The summed E-state index contributed by atoms with van der Waals surface area (Å²) in [5, 5.41) is 11.8. The Balaban J connectivity index is 2.80. The van der Waals surface area contributed by atoms with E-state index in [0.29, 0.717) is 24.5 Å². The van der Waals surface area contributed by atoms with Crippen LogP contribution in [0.4, 0.5) is 5.82 Å². The fourth-order valence-electron chi connectivity index (χ4n) is 1.15. The van der Waals surface area contributed by atoms with Crippen molar-refractivity contribution in [1.29, 1.82) is 0 Å². The summed E-state index contributed by atoms with van der Waals surface area (Å²) >= 11 is 0. The predicted octanol–water partition coefficient (Wildman–Crippen LogP) is 1.52. The molecule has 0 fully saturated rings. The van der Waals surface area contributed by atoms with Gasteiger partial charge < -0.3 is 10.4 Å². The van der Waals surface area contributed by atoms with Gasteiger partial charge in [-0.2, -0.15) is 0 Å². The van der Waals surface area contributed by atoms with Crippen LogP contribution in [-0.2, 0) is 0 Å². The van der Waals surface area contributed by atoms with Crippen molar-refractivity contribution in [3.63, 3.8) is 0 Å². The number of pyridine rings is 1. The Hall–Kier alpha value is -2.02. The fourth-order valence-corrected chi connectivity index (χ4v) is 1.15. The number of nitrogens with one attached hydrogen (secondary N) is 1. The van der Waals surface area contributed by atoms with Crippen LogP contribution in [-0.4, -0.2) is 22.6 Å². The third-order valence-electron chi connectivity index (χ3n) is 1.78. The number of hydrogen-bond acceptors (Lipinski definition) is 3. The Kier molecular flexibility index (Phi) is 3.69. The Morgan fingerprint density at radius 2 is 2.40 bits per heavy atom. The van der Waals surface area contributed by atoms with E-state index < -0.39 is 5.97 Å². The quantitative estimate of drug-likeness (QED) is 0.576. The highest BCUT2D eigenvalue weighted by Crippen LogP contribution is 2.09. The summed E-state index contributed by atoms with van der Waals surface area (Å²) < 4.78 is 0. The van der Waals surface area contributed by atoms with E-state index in [1.807, 2.05) is 0 Å². The third-order valence-corrected chi connectivity index (χ3v) is 1.78. The summed E-state index contributed by atoms with van der Waals surface area (Å²) in [7, 11) is 0. The summed E-state index contributed by atoms with van der Waals surface area (Å²) in [4.78, 5) is 14.9. The molecule has 0 unspecified atom stereocenters. The van der Waals surface area contributed by atoms with Gasteiger partial charge in [-0.15, -0.1) is 12.3 Å². The molecule has 2 N–H and O–H groups in total. The average molecular weight is 204 g/mol. The molecule has 0 aliphatic heterocycles. The number of anilines is 1. The summed E-state index contributed by atoms with van der Waals surface area (Å²) in [6.45, 7) is 2.34. The number of carbonyl (C=O) groups is 1. The zero-order valence-electron chi connectivity index (χ0n) is 8.45. The van der Waals surface area contributed by atoms with Gasteiger partial charge in [0.25, 0.3) is 0 Å². The first-order chi connectivity index (χ1) is 7.13. The summed E-state index contributed by atoms with van der Waals surface area (Å²) in [6, 6.07) is 3.01. The molecule has 0 saturated carbocycles. The van der Waals surface area contributed by atoms with Crippen LogP contribution in [0.15, 0.2) is 12.1 Å². The number of aromatic carboxylic acids is 1. The minimum absolute atomic E-state index is 0.228. The molecule has 0 bridgehead atoms. The lowest BCUT2D eigenvalue weighted by Crippen LogP contribution is -2.06. The summed E-state index contributed by atoms with van der Waals surface area (Å²) in [5.41, 5.74) is 0.892. The van der Waals surface area contributed by atoms with Gasteiger partial charge in [0.1, 0.15) is 5.82 Å². The van der Waals surface area contributed by atoms with Crippen LogP contribution in [0.5, 0.6) is 0 Å². The van der Waals surface area contributed by atoms with Crippen molar-refractivity contribution in [2.75, 3.05) is 11.9 Å². The minimum atomic E-state index is -0.958. The van der Waals surface area contributed by atoms with Gasteiger partial charge in [-0.1, -0.05) is 0 Å². The van der Waals surface area contributed by atoms with Gasteiger partial charge in [-0.25, -0.2) is 9.78 Å². The summed E-state index contributed by atoms with van der Waals surface area (Å²) in [6.07, 6.45) is 5.68. The topological polar surface area (TPSA) is 62.2 Å². The lowest BCUT2D eigenvalue weighted by atomic mass is 10.2. The van der Waals surface area contributed by atoms with Crippen molar-refractivity contribution in [2.24, 2.45) is 0 Å². The van der Waals surface area contributed by atoms with Gasteiger partial charge in [0.2, 0.25) is 0 Å². The second-order valence-corrected chi connectivity index (χ2v) is 3.07. The van der Waals surface area contributed by atoms with Crippen LogP contribution in [0.25, 0.3) is 0 Å². The van der Waals surface area contributed by atoms with Crippen molar-refractivity contribution >= 4 is 11.8 Å². The van der Waals surface area contributed by atoms with Crippen molar-refractivity contribution in [1.82, 2.24) is 4.98 Å². The number of aromatic nitrogens is 1. The molecule has 0 spiro atoms. The van der Waals surface area contributed by atoms with Crippen molar-refractivity contribution in [3.05, 3.63) is 23.4 Å². The second kappa shape index (κ2) is 5.01. The fraction of sp³-hybridized carbons (Fsp3) is 0.273. The van der Waals surface area contributed by atoms with Gasteiger partial charge in [-0.05, 0) is 19.1 Å². The lowest BCUT2D eigenvalue weighted by Gasteiger charge is -2.05. The monoisotopic (exact) mass is 204 g/mol. The van der Waals surface area contributed by atoms with Crippen LogP contribution >= 0.6 is 0 Å². The van der Waals surface area contributed by atoms with Gasteiger partial charge in [0, 0.05) is 18.7 Å². The molecule has 0 atom stereocenters. The maximum Gasteiger partial charge on any atom is 0.335 e. The van der Waals surface area contributed by atoms with Crippen LogP contribution in [0.1, 0.15) is 22.5 Å². The first kappa shape index (κ1) is 11.1. The smallest absolute Gasteiger partial charge is 0.335 e. The molecule has 78 valence electrons. The molecule has 1 aromatic rings. The molecule has 4 heteroatoms. The van der Waals surface area contributed by atoms with Gasteiger partial charge >= 0.3 is 5.97 Å². The van der Waals surface area contributed by atoms with E-state index in [4.69, 9.17) is 11.5 Å². The van der Waals surface area contributed by atoms with E-state index in [0.717, 1.165) is 0 Å². The van der Waals surface area contributed by atoms with E-state index in [-0.39, 0.29) is 5.56 Å². The largest absolute Gasteiger partial charge is 0.478 e. The van der Waals surface area contributed by atoms with Gasteiger partial charge in [0.05, 0.1) is 5.56 Å². The number of rotatable bonds is 4. The molecule has 0 amide bonds. The first-order valence-corrected chi connectivity index (χ1v) is 4.53. The predicted molar refractivity (Wildman–Crippen MR) is 57.9 cm³/mol. The average Bonchev–Trinajstić information content (AvgIpc) is 2.17. The van der Waals surface area contributed by atoms with E-state index in [1.165, 1.54) is 12.1 Å². The molecule has 1 heterocycles. The number of nitrogens with zero attached hydrogens (tertiary/aromatic N) is 1. The zero-order chi connectivity index (χ0) is 11.3. The highest BCUT2D eigenvalue weighted by Gasteiger charge is 2.05. The Labute approximate surface area is 88.3 Å². The SMILES string of the molecule is C#CCCNc1cc(C(=O)O)cc(C)n1. The highest BCUT2D eigenvalue weighted by atomic mass is 16.4. The standard InChI is InChI=1S/C11H12N2O2/c1-3-4-5-12-10-7-9(11(14)15)6-8(2)13-10/h1,6-7H,4-5H2,2H3,(H,12,13)(H,14,15). The number of hydrogen-bond donors (Lipinski definition) is 2. The first-order valence-electron chi connectivity index (χ1n) is 4.53. The second-order valence-electron chi connectivity index (χ2n) is 3.07. The number of carboxylic acids is 1. The minimum Gasteiger partial charge on any atom is -0.478 e. The zero-order valence-corrected chi connectivity index (χ0v) is 8.45. The van der Waals surface area contributed by atoms with Crippen molar-refractivity contribution < 1.29 is 9.90 Å². The number of terminal acetylenes is 1. The van der Waals surface area contributed by atoms with E-state index in [2.05, 4.69) is 16.2 Å². The molecule has 1 aromatic heterocycles. The molecular weight excluding hydrogens is 192 g/mol. The van der Waals surface area contributed by atoms with Crippen LogP contribution in [0, 0.1) is 19.3 Å². The van der Waals surface area contributed by atoms with E-state index in [1.54, 1.807) is 6.92 Å². The third kappa shape index (κ3) is 3.31. The van der Waals surface area contributed by atoms with Crippen molar-refractivity contribution in [3.8, 4) is 12.3 Å². The van der Waals surface area contributed by atoms with Gasteiger partial charge in [-0.3, -0.25) is 0 Å². The molecule has 0 aliphatic rings. The maximum absolute atomic E-state index is 10.7. The normalized spacial score (nSPS) is 9.33. The Morgan fingerprint density at radius 3 is 3.00 bits per heavy atom. The van der Waals surface area contributed by atoms with Gasteiger partial charge in [0.15, 0.2) is 0 Å². The van der Waals surface area contributed by atoms with Crippen LogP contribution in [0.3, 0.4) is 0 Å². The molecule has 4 nitrogen and oxygen atoms in total. The van der Waals surface area contributed by atoms with Crippen LogP contribution < -0.4 is 5.32 Å². The van der Waals surface area contributed by atoms with Crippen molar-refractivity contribution in [2.45, 2.75) is 13.3 Å². The Morgan fingerprint density at radius 1 is 1.67 bits per heavy atom. The molecule has 0 radical (unpaired) electrons. The highest BCUT2D eigenvalue weighted by molar-refractivity contribution is 5.88. The molecule has 1 rings (SSSR count). The molecule has 0 saturated heterocycles. The number of aryl methyl sites for hydroxylation is 1. The number of carboxylic acid groups (broad SMARTS) is 1. The Bertz CT molecular complexity index is 408. The maximum atomic E-state index is 10.7.